The van der Waals surface area contributed by atoms with Crippen LogP contribution in [0, 0.1) is 0 Å². The first-order valence-corrected chi connectivity index (χ1v) is 9.21. The third kappa shape index (κ3) is 4.40. The molecule has 2 heteroatoms. The van der Waals surface area contributed by atoms with Gasteiger partial charge in [0.1, 0.15) is 5.75 Å². The number of rotatable bonds is 8. The van der Waals surface area contributed by atoms with Gasteiger partial charge in [-0.15, -0.1) is 0 Å². The molecule has 1 unspecified atom stereocenters. The Hall–Kier alpha value is -2.32. The van der Waals surface area contributed by atoms with E-state index in [0.29, 0.717) is 6.04 Å². The molecule has 0 spiro atoms. The molecule has 0 aliphatic rings. The molecule has 3 aromatic carbocycles. The lowest BCUT2D eigenvalue weighted by Crippen LogP contribution is -2.19. The van der Waals surface area contributed by atoms with Crippen molar-refractivity contribution < 1.29 is 4.74 Å². The molecule has 0 saturated carbocycles. The van der Waals surface area contributed by atoms with Crippen LogP contribution in [0.15, 0.2) is 66.7 Å². The lowest BCUT2D eigenvalue weighted by Gasteiger charge is -2.18. The van der Waals surface area contributed by atoms with Gasteiger partial charge in [0.2, 0.25) is 0 Å². The minimum Gasteiger partial charge on any atom is -0.493 e. The first-order valence-electron chi connectivity index (χ1n) is 9.21. The molecule has 0 heterocycles. The summed E-state index contributed by atoms with van der Waals surface area (Å²) in [4.78, 5) is 0. The van der Waals surface area contributed by atoms with E-state index < -0.39 is 0 Å². The summed E-state index contributed by atoms with van der Waals surface area (Å²) in [5, 5.41) is 6.18. The van der Waals surface area contributed by atoms with Gasteiger partial charge in [0.05, 0.1) is 6.61 Å². The Balaban J connectivity index is 1.83. The van der Waals surface area contributed by atoms with Crippen molar-refractivity contribution in [2.24, 2.45) is 0 Å². The van der Waals surface area contributed by atoms with E-state index in [4.69, 9.17) is 4.74 Å². The second-order valence-corrected chi connectivity index (χ2v) is 6.48. The van der Waals surface area contributed by atoms with Gasteiger partial charge in [0.25, 0.3) is 0 Å². The van der Waals surface area contributed by atoms with Gasteiger partial charge in [-0.05, 0) is 35.7 Å². The smallest absolute Gasteiger partial charge is 0.124 e. The fourth-order valence-electron chi connectivity index (χ4n) is 3.07. The largest absolute Gasteiger partial charge is 0.493 e. The summed E-state index contributed by atoms with van der Waals surface area (Å²) in [6.45, 7) is 5.96. The fourth-order valence-corrected chi connectivity index (χ4v) is 3.07. The van der Waals surface area contributed by atoms with Gasteiger partial charge in [0, 0.05) is 18.2 Å². The minimum absolute atomic E-state index is 0.295. The van der Waals surface area contributed by atoms with Crippen molar-refractivity contribution in [2.75, 3.05) is 6.61 Å². The van der Waals surface area contributed by atoms with Crippen molar-refractivity contribution in [3.05, 3.63) is 77.9 Å². The van der Waals surface area contributed by atoms with Crippen LogP contribution in [0.25, 0.3) is 10.8 Å². The number of hydrogen-bond acceptors (Lipinski definition) is 2. The zero-order valence-electron chi connectivity index (χ0n) is 15.2. The zero-order valence-corrected chi connectivity index (χ0v) is 15.2. The predicted octanol–water partition coefficient (Wildman–Crippen LogP) is 5.87. The predicted molar refractivity (Wildman–Crippen MR) is 106 cm³/mol. The van der Waals surface area contributed by atoms with Crippen molar-refractivity contribution in [1.82, 2.24) is 5.32 Å². The first kappa shape index (κ1) is 17.5. The van der Waals surface area contributed by atoms with Crippen LogP contribution in [0.2, 0.25) is 0 Å². The van der Waals surface area contributed by atoms with Crippen molar-refractivity contribution >= 4 is 10.8 Å². The lowest BCUT2D eigenvalue weighted by molar-refractivity contribution is 0.305. The second kappa shape index (κ2) is 8.68. The van der Waals surface area contributed by atoms with Crippen LogP contribution in [0.3, 0.4) is 0 Å². The molecule has 0 aliphatic carbocycles. The van der Waals surface area contributed by atoms with E-state index in [-0.39, 0.29) is 0 Å². The number of benzene rings is 3. The van der Waals surface area contributed by atoms with Gasteiger partial charge in [0.15, 0.2) is 0 Å². The van der Waals surface area contributed by atoms with E-state index in [1.807, 2.05) is 0 Å². The molecule has 0 saturated heterocycles. The highest BCUT2D eigenvalue weighted by atomic mass is 16.5. The van der Waals surface area contributed by atoms with Gasteiger partial charge in [-0.2, -0.15) is 0 Å². The van der Waals surface area contributed by atoms with Crippen LogP contribution in [0.5, 0.6) is 5.75 Å². The molecule has 1 N–H and O–H groups in total. The maximum absolute atomic E-state index is 6.08. The van der Waals surface area contributed by atoms with Gasteiger partial charge in [-0.3, -0.25) is 0 Å². The van der Waals surface area contributed by atoms with E-state index in [0.717, 1.165) is 31.7 Å². The van der Waals surface area contributed by atoms with Gasteiger partial charge >= 0.3 is 0 Å². The van der Waals surface area contributed by atoms with Crippen LogP contribution in [-0.2, 0) is 6.54 Å². The van der Waals surface area contributed by atoms with Crippen LogP contribution in [0.1, 0.15) is 43.9 Å². The summed E-state index contributed by atoms with van der Waals surface area (Å²) in [6, 6.07) is 23.7. The Labute approximate surface area is 150 Å². The summed E-state index contributed by atoms with van der Waals surface area (Å²) >= 11 is 0. The highest BCUT2D eigenvalue weighted by Crippen LogP contribution is 2.29. The molecule has 0 bridgehead atoms. The maximum atomic E-state index is 6.08. The minimum atomic E-state index is 0.295. The summed E-state index contributed by atoms with van der Waals surface area (Å²) in [5.74, 6) is 1.000. The van der Waals surface area contributed by atoms with Crippen LogP contribution < -0.4 is 10.1 Å². The maximum Gasteiger partial charge on any atom is 0.124 e. The molecule has 25 heavy (non-hydrogen) atoms. The third-order valence-electron chi connectivity index (χ3n) is 4.64. The molecule has 0 aliphatic heterocycles. The molecular weight excluding hydrogens is 306 g/mol. The molecule has 3 rings (SSSR count). The zero-order chi connectivity index (χ0) is 17.5. The monoisotopic (exact) mass is 333 g/mol. The Kier molecular flexibility index (Phi) is 6.08. The average Bonchev–Trinajstić information content (AvgIpc) is 2.67. The fraction of sp³-hybridized carbons (Fsp3) is 0.304. The summed E-state index contributed by atoms with van der Waals surface area (Å²) in [7, 11) is 0. The van der Waals surface area contributed by atoms with Gasteiger partial charge in [-0.25, -0.2) is 0 Å². The number of fused-ring (bicyclic) bond motifs is 1. The summed E-state index contributed by atoms with van der Waals surface area (Å²) < 4.78 is 6.08. The SMILES string of the molecule is CCCCOc1ccc2ccccc2c1CNC(C)c1ccccc1. The van der Waals surface area contributed by atoms with Crippen molar-refractivity contribution in [2.45, 2.75) is 39.3 Å². The van der Waals surface area contributed by atoms with E-state index in [2.05, 4.69) is 85.9 Å². The van der Waals surface area contributed by atoms with Crippen LogP contribution in [-0.4, -0.2) is 6.61 Å². The van der Waals surface area contributed by atoms with E-state index in [1.165, 1.54) is 21.9 Å². The highest BCUT2D eigenvalue weighted by molar-refractivity contribution is 5.87. The topological polar surface area (TPSA) is 21.3 Å². The van der Waals surface area contributed by atoms with Crippen molar-refractivity contribution in [1.29, 1.82) is 0 Å². The number of ether oxygens (including phenoxy) is 1. The summed E-state index contributed by atoms with van der Waals surface area (Å²) in [5.41, 5.74) is 2.55. The van der Waals surface area contributed by atoms with Crippen molar-refractivity contribution in [3.8, 4) is 5.75 Å². The number of nitrogens with one attached hydrogen (secondary N) is 1. The van der Waals surface area contributed by atoms with Crippen LogP contribution >= 0.6 is 0 Å². The van der Waals surface area contributed by atoms with E-state index >= 15 is 0 Å². The average molecular weight is 333 g/mol. The standard InChI is InChI=1S/C23H27NO/c1-3-4-16-25-23-15-14-20-12-8-9-13-21(20)22(23)17-24-18(2)19-10-6-5-7-11-19/h5-15,18,24H,3-4,16-17H2,1-2H3. The molecule has 130 valence electrons. The number of unbranched alkanes of at least 4 members (excludes halogenated alkanes) is 1. The van der Waals surface area contributed by atoms with Crippen molar-refractivity contribution in [3.63, 3.8) is 0 Å². The lowest BCUT2D eigenvalue weighted by atomic mass is 10.0. The highest BCUT2D eigenvalue weighted by Gasteiger charge is 2.11. The van der Waals surface area contributed by atoms with Gasteiger partial charge < -0.3 is 10.1 Å². The molecular formula is C23H27NO. The molecule has 0 fully saturated rings. The molecule has 0 aromatic heterocycles. The Morgan fingerprint density at radius 3 is 2.48 bits per heavy atom. The molecule has 1 atom stereocenters. The molecule has 3 aromatic rings. The van der Waals surface area contributed by atoms with Crippen LogP contribution in [0.4, 0.5) is 0 Å². The second-order valence-electron chi connectivity index (χ2n) is 6.48. The molecule has 2 nitrogen and oxygen atoms in total. The van der Waals surface area contributed by atoms with Gasteiger partial charge in [-0.1, -0.05) is 74.0 Å². The van der Waals surface area contributed by atoms with E-state index in [1.54, 1.807) is 0 Å². The molecule has 0 amide bonds. The third-order valence-corrected chi connectivity index (χ3v) is 4.64. The normalized spacial score (nSPS) is 12.2. The Bertz CT molecular complexity index is 798. The first-order chi connectivity index (χ1) is 12.3. The summed E-state index contributed by atoms with van der Waals surface area (Å²) in [6.07, 6.45) is 2.23. The van der Waals surface area contributed by atoms with E-state index in [9.17, 15) is 0 Å². The Morgan fingerprint density at radius 1 is 0.920 bits per heavy atom. The number of hydrogen-bond donors (Lipinski definition) is 1. The molecule has 0 radical (unpaired) electrons. The Morgan fingerprint density at radius 2 is 1.68 bits per heavy atom. The quantitative estimate of drug-likeness (QED) is 0.521.